The van der Waals surface area contributed by atoms with Gasteiger partial charge in [0.1, 0.15) is 0 Å². The number of carbonyl (C=O) groups is 3. The topological polar surface area (TPSA) is 127 Å². The Kier molecular flexibility index (Phi) is 17.7. The molecule has 0 spiro atoms. The fraction of sp³-hybridized carbons (Fsp3) is 0.571. The van der Waals surface area contributed by atoms with E-state index in [1.807, 2.05) is 13.8 Å². The average Bonchev–Trinajstić information content (AvgIpc) is 2.03. The molecule has 0 aliphatic heterocycles. The summed E-state index contributed by atoms with van der Waals surface area (Å²) in [6, 6.07) is 0. The standard InChI is InChI=1S/C5H11NOS.CH3NO2.CH3NOS/c1-3-6(4-2)5(7)8;2*2-1(3)4/h3-4H2,1-2H3,(H,7,8);2H2,(H,3,4);(H3,2,3,4). The van der Waals surface area contributed by atoms with Gasteiger partial charge in [-0.15, -0.1) is 0 Å². The largest absolute Gasteiger partial charge is 0.465 e. The van der Waals surface area contributed by atoms with E-state index in [4.69, 9.17) is 14.7 Å². The molecule has 5 N–H and O–H groups in total. The molecule has 0 unspecified atom stereocenters. The van der Waals surface area contributed by atoms with Gasteiger partial charge in [0.2, 0.25) is 0 Å². The second-order valence-electron chi connectivity index (χ2n) is 2.13. The summed E-state index contributed by atoms with van der Waals surface area (Å²) in [5.41, 5.74) is 8.36. The van der Waals surface area contributed by atoms with Crippen LogP contribution in [0.25, 0.3) is 0 Å². The van der Waals surface area contributed by atoms with Crippen molar-refractivity contribution in [2.75, 3.05) is 13.1 Å². The van der Waals surface area contributed by atoms with Crippen LogP contribution in [0.2, 0.25) is 0 Å². The van der Waals surface area contributed by atoms with Gasteiger partial charge in [0.15, 0.2) is 0 Å². The van der Waals surface area contributed by atoms with Crippen LogP contribution >= 0.6 is 25.3 Å². The molecule has 9 heteroatoms. The minimum absolute atomic E-state index is 0.144. The number of nitrogens with two attached hydrogens (primary N) is 2. The SMILES string of the molecule is CCN(CC)C(=O)S.NC(=O)O.NC(=O)S. The highest BCUT2D eigenvalue weighted by atomic mass is 32.1. The van der Waals surface area contributed by atoms with Gasteiger partial charge in [-0.2, -0.15) is 0 Å². The van der Waals surface area contributed by atoms with E-state index in [0.29, 0.717) is 0 Å². The molecule has 0 aromatic rings. The third kappa shape index (κ3) is 38.4. The minimum atomic E-state index is -1.33. The third-order valence-corrected chi connectivity index (χ3v) is 1.32. The van der Waals surface area contributed by atoms with Crippen molar-refractivity contribution in [3.63, 3.8) is 0 Å². The molecule has 0 bridgehead atoms. The monoisotopic (exact) mass is 271 g/mol. The summed E-state index contributed by atoms with van der Waals surface area (Å²) >= 11 is 6.75. The van der Waals surface area contributed by atoms with E-state index < -0.39 is 11.3 Å². The molecule has 0 heterocycles. The fourth-order valence-corrected chi connectivity index (χ4v) is 0.777. The van der Waals surface area contributed by atoms with Gasteiger partial charge in [-0.25, -0.2) is 4.79 Å². The van der Waals surface area contributed by atoms with Crippen LogP contribution in [0.5, 0.6) is 0 Å². The Hall–Kier alpha value is -1.09. The Balaban J connectivity index is -0.000000179. The van der Waals surface area contributed by atoms with Gasteiger partial charge >= 0.3 is 6.09 Å². The zero-order valence-electron chi connectivity index (χ0n) is 9.08. The van der Waals surface area contributed by atoms with E-state index in [1.54, 1.807) is 4.90 Å². The second kappa shape index (κ2) is 13.9. The first-order chi connectivity index (χ1) is 7.18. The molecule has 96 valence electrons. The van der Waals surface area contributed by atoms with Crippen LogP contribution in [0, 0.1) is 0 Å². The van der Waals surface area contributed by atoms with Crippen LogP contribution in [0.4, 0.5) is 14.4 Å². The van der Waals surface area contributed by atoms with Crippen molar-refractivity contribution in [3.05, 3.63) is 0 Å². The molecule has 0 atom stereocenters. The average molecular weight is 271 g/mol. The molecule has 3 amide bonds. The van der Waals surface area contributed by atoms with Gasteiger partial charge in [-0.05, 0) is 13.8 Å². The molecular weight excluding hydrogens is 254 g/mol. The molecule has 0 radical (unpaired) electrons. The summed E-state index contributed by atoms with van der Waals surface area (Å²) in [6.07, 6.45) is -1.33. The molecule has 0 aliphatic carbocycles. The molecule has 0 fully saturated rings. The van der Waals surface area contributed by atoms with E-state index >= 15 is 0 Å². The highest BCUT2D eigenvalue weighted by Crippen LogP contribution is 1.92. The lowest BCUT2D eigenvalue weighted by molar-refractivity contribution is 0.205. The number of primary amides is 2. The first-order valence-corrected chi connectivity index (χ1v) is 5.03. The number of carboxylic acid groups (broad SMARTS) is 1. The number of rotatable bonds is 2. The molecular formula is C7H17N3O4S2. The van der Waals surface area contributed by atoms with Gasteiger partial charge < -0.3 is 21.5 Å². The first-order valence-electron chi connectivity index (χ1n) is 4.13. The maximum atomic E-state index is 10.4. The van der Waals surface area contributed by atoms with Crippen molar-refractivity contribution >= 4 is 41.8 Å². The lowest BCUT2D eigenvalue weighted by Gasteiger charge is -2.13. The third-order valence-electron chi connectivity index (χ3n) is 1.03. The summed E-state index contributed by atoms with van der Waals surface area (Å²) in [5, 5.41) is 6.41. The van der Waals surface area contributed by atoms with Crippen molar-refractivity contribution in [1.29, 1.82) is 0 Å². The normalized spacial score (nSPS) is 7.50. The van der Waals surface area contributed by atoms with Crippen molar-refractivity contribution in [2.45, 2.75) is 13.8 Å². The van der Waals surface area contributed by atoms with Gasteiger partial charge in [-0.1, -0.05) is 25.3 Å². The molecule has 0 aromatic carbocycles. The van der Waals surface area contributed by atoms with Gasteiger partial charge in [-0.3, -0.25) is 9.59 Å². The van der Waals surface area contributed by atoms with Crippen molar-refractivity contribution in [3.8, 4) is 0 Å². The van der Waals surface area contributed by atoms with E-state index in [9.17, 15) is 4.79 Å². The number of hydrogen-bond acceptors (Lipinski definition) is 3. The first kappa shape index (κ1) is 20.3. The lowest BCUT2D eigenvalue weighted by Crippen LogP contribution is -2.24. The number of hydrogen-bond donors (Lipinski definition) is 5. The summed E-state index contributed by atoms with van der Waals surface area (Å²) in [5.74, 6) is 0. The van der Waals surface area contributed by atoms with Gasteiger partial charge in [0.25, 0.3) is 10.5 Å². The zero-order valence-corrected chi connectivity index (χ0v) is 10.9. The van der Waals surface area contributed by atoms with Crippen LogP contribution in [0.15, 0.2) is 0 Å². The Morgan fingerprint density at radius 2 is 1.31 bits per heavy atom. The maximum absolute atomic E-state index is 10.4. The van der Waals surface area contributed by atoms with Crippen molar-refractivity contribution in [1.82, 2.24) is 4.90 Å². The van der Waals surface area contributed by atoms with Crippen molar-refractivity contribution in [2.24, 2.45) is 11.5 Å². The van der Waals surface area contributed by atoms with E-state index in [2.05, 4.69) is 36.7 Å². The molecule has 0 saturated carbocycles. The van der Waals surface area contributed by atoms with Crippen molar-refractivity contribution < 1.29 is 19.5 Å². The van der Waals surface area contributed by atoms with Crippen LogP contribution in [-0.2, 0) is 0 Å². The highest BCUT2D eigenvalue weighted by Gasteiger charge is 2.00. The predicted molar refractivity (Wildman–Crippen MR) is 68.1 cm³/mol. The summed E-state index contributed by atoms with van der Waals surface area (Å²) in [7, 11) is 0. The summed E-state index contributed by atoms with van der Waals surface area (Å²) < 4.78 is 0. The van der Waals surface area contributed by atoms with Crippen LogP contribution < -0.4 is 11.5 Å². The number of carbonyl (C=O) groups excluding carboxylic acids is 2. The lowest BCUT2D eigenvalue weighted by atomic mass is 10.6. The molecule has 7 nitrogen and oxygen atoms in total. The molecule has 16 heavy (non-hydrogen) atoms. The minimum Gasteiger partial charge on any atom is -0.465 e. The van der Waals surface area contributed by atoms with Gasteiger partial charge in [0.05, 0.1) is 0 Å². The fourth-order valence-electron chi connectivity index (χ4n) is 0.494. The molecule has 0 aromatic heterocycles. The Morgan fingerprint density at radius 1 is 1.12 bits per heavy atom. The number of thiol groups is 2. The zero-order chi connectivity index (χ0) is 13.7. The molecule has 0 saturated heterocycles. The summed E-state index contributed by atoms with van der Waals surface area (Å²) in [6.45, 7) is 5.35. The van der Waals surface area contributed by atoms with Crippen LogP contribution in [0.3, 0.4) is 0 Å². The number of amides is 3. The van der Waals surface area contributed by atoms with E-state index in [-0.39, 0.29) is 5.24 Å². The quantitative estimate of drug-likeness (QED) is 0.480. The summed E-state index contributed by atoms with van der Waals surface area (Å²) in [4.78, 5) is 29.9. The maximum Gasteiger partial charge on any atom is 0.402 e. The second-order valence-corrected chi connectivity index (χ2v) is 2.95. The number of nitrogens with zero attached hydrogens (tertiary/aromatic N) is 1. The Labute approximate surface area is 105 Å². The van der Waals surface area contributed by atoms with E-state index in [1.165, 1.54) is 0 Å². The van der Waals surface area contributed by atoms with Gasteiger partial charge in [0, 0.05) is 13.1 Å². The van der Waals surface area contributed by atoms with Crippen LogP contribution in [-0.4, -0.2) is 39.7 Å². The highest BCUT2D eigenvalue weighted by molar-refractivity contribution is 7.96. The Morgan fingerprint density at radius 3 is 1.31 bits per heavy atom. The molecule has 0 rings (SSSR count). The predicted octanol–water partition coefficient (Wildman–Crippen LogP) is 0.996. The Bertz CT molecular complexity index is 202. The van der Waals surface area contributed by atoms with E-state index in [0.717, 1.165) is 13.1 Å². The smallest absolute Gasteiger partial charge is 0.402 e. The van der Waals surface area contributed by atoms with Crippen LogP contribution in [0.1, 0.15) is 13.8 Å². The molecule has 0 aliphatic rings.